The second-order valence-electron chi connectivity index (χ2n) is 12.1. The number of halogens is 4. The predicted octanol–water partition coefficient (Wildman–Crippen LogP) is 12.2. The summed E-state index contributed by atoms with van der Waals surface area (Å²) >= 11 is 4.52. The quantitative estimate of drug-likeness (QED) is 0.0933. The van der Waals surface area contributed by atoms with Crippen molar-refractivity contribution in [3.63, 3.8) is 0 Å². The van der Waals surface area contributed by atoms with Crippen LogP contribution in [0, 0.1) is 20.8 Å². The van der Waals surface area contributed by atoms with Crippen molar-refractivity contribution in [2.24, 2.45) is 0 Å². The van der Waals surface area contributed by atoms with Crippen molar-refractivity contribution < 1.29 is 37.4 Å². The maximum Gasteiger partial charge on any atom is 0.416 e. The van der Waals surface area contributed by atoms with Crippen molar-refractivity contribution in [2.75, 3.05) is 0 Å². The van der Waals surface area contributed by atoms with Gasteiger partial charge >= 0.3 is 6.18 Å². The number of aromatic hydroxyl groups is 1. The Morgan fingerprint density at radius 1 is 0.764 bits per heavy atom. The molecule has 55 heavy (non-hydrogen) atoms. The number of phenolic OH excluding ortho intramolecular Hbond substituents is 1. The maximum atomic E-state index is 12.4. The number of benzene rings is 5. The number of hydrogen-bond acceptors (Lipinski definition) is 7. The molecule has 0 amide bonds. The minimum Gasteiger partial charge on any atom is -0.508 e. The molecule has 1 aromatic heterocycles. The van der Waals surface area contributed by atoms with Gasteiger partial charge in [-0.3, -0.25) is 14.4 Å². The van der Waals surface area contributed by atoms with Crippen LogP contribution >= 0.6 is 27.3 Å². The molecule has 0 radical (unpaired) electrons. The molecule has 1 N–H and O–H groups in total. The number of thiazole rings is 1. The lowest BCUT2D eigenvalue weighted by molar-refractivity contribution is -0.137. The summed E-state index contributed by atoms with van der Waals surface area (Å²) in [5, 5.41) is 10.6. The molecule has 0 saturated heterocycles. The van der Waals surface area contributed by atoms with Crippen LogP contribution in [0.1, 0.15) is 77.7 Å². The smallest absolute Gasteiger partial charge is 0.416 e. The summed E-state index contributed by atoms with van der Waals surface area (Å²) in [6.45, 7) is 9.02. The zero-order valence-corrected chi connectivity index (χ0v) is 33.4. The van der Waals surface area contributed by atoms with Crippen LogP contribution in [0.2, 0.25) is 0 Å². The number of alkyl halides is 4. The highest BCUT2D eigenvalue weighted by Crippen LogP contribution is 2.32. The summed E-state index contributed by atoms with van der Waals surface area (Å²) < 4.78 is 42.9. The number of rotatable bonds is 8. The van der Waals surface area contributed by atoms with E-state index in [1.807, 2.05) is 67.6 Å². The second kappa shape index (κ2) is 21.5. The molecule has 0 aliphatic rings. The average molecular weight is 833 g/mol. The molecule has 1 heterocycles. The van der Waals surface area contributed by atoms with E-state index >= 15 is 0 Å². The minimum atomic E-state index is -4.34. The molecule has 286 valence electrons. The number of aryl methyl sites for hydroxylation is 3. The number of ketones is 2. The van der Waals surface area contributed by atoms with Gasteiger partial charge in [0, 0.05) is 22.0 Å². The number of carbonyl (C=O) groups is 3. The van der Waals surface area contributed by atoms with Crippen LogP contribution in [0.25, 0.3) is 10.6 Å². The summed E-state index contributed by atoms with van der Waals surface area (Å²) in [4.78, 5) is 37.4. The third-order valence-electron chi connectivity index (χ3n) is 7.82. The Kier molecular flexibility index (Phi) is 17.2. The van der Waals surface area contributed by atoms with Crippen LogP contribution in [0.5, 0.6) is 11.5 Å². The van der Waals surface area contributed by atoms with Crippen LogP contribution in [-0.2, 0) is 18.1 Å². The molecule has 0 spiro atoms. The molecule has 0 atom stereocenters. The molecule has 6 nitrogen and oxygen atoms in total. The van der Waals surface area contributed by atoms with Gasteiger partial charge in [-0.25, -0.2) is 4.98 Å². The predicted molar refractivity (Wildman–Crippen MR) is 217 cm³/mol. The minimum absolute atomic E-state index is 0.0214. The number of phenols is 1. The first-order valence-electron chi connectivity index (χ1n) is 16.9. The number of carbonyl (C=O) groups excluding carboxylic acids is 3. The molecule has 0 bridgehead atoms. The maximum absolute atomic E-state index is 12.4. The molecule has 6 rings (SSSR count). The normalized spacial score (nSPS) is 10.3. The molecule has 0 aliphatic carbocycles. The van der Waals surface area contributed by atoms with Gasteiger partial charge in [-0.1, -0.05) is 88.7 Å². The highest BCUT2D eigenvalue weighted by atomic mass is 79.9. The van der Waals surface area contributed by atoms with Crippen LogP contribution in [0.15, 0.2) is 121 Å². The molecular weight excluding hydrogens is 791 g/mol. The number of Topliss-reactive ketones (excluding diaryl/α,β-unsaturated/α-hetero) is 2. The van der Waals surface area contributed by atoms with E-state index in [1.165, 1.54) is 42.0 Å². The van der Waals surface area contributed by atoms with Crippen molar-refractivity contribution in [3.8, 4) is 22.1 Å². The summed E-state index contributed by atoms with van der Waals surface area (Å²) in [6, 6.07) is 35.4. The number of ether oxygens (including phenoxy) is 1. The van der Waals surface area contributed by atoms with Gasteiger partial charge in [0.1, 0.15) is 23.1 Å². The van der Waals surface area contributed by atoms with Crippen molar-refractivity contribution in [3.05, 3.63) is 171 Å². The number of nitrogens with zero attached hydrogens (tertiary/aromatic N) is 1. The van der Waals surface area contributed by atoms with Gasteiger partial charge < -0.3 is 9.84 Å². The standard InChI is InChI=1S/C16H16O2.C12H8F3NOS.C9H10O2.C7H7Br/c1-12-10-15(13(2)17)8-9-16(12)18-11-14-6-4-3-5-7-14;1-7-10(6-17)18-11(16-7)8-2-4-9(5-3-8)12(13,14)15;1-6-5-8(7(2)10)3-4-9(6)11;8-6-7-4-2-1-3-5-7/h3-10H,11H2,1-2H3;2-6H,1H3;3-5,11H,1-2H3;1-5H,6H2. The first-order chi connectivity index (χ1) is 26.1. The summed E-state index contributed by atoms with van der Waals surface area (Å²) in [5.74, 6) is 1.15. The fraction of sp³-hybridized carbons (Fsp3) is 0.182. The number of aromatic nitrogens is 1. The highest BCUT2D eigenvalue weighted by Gasteiger charge is 2.30. The third kappa shape index (κ3) is 14.4. The topological polar surface area (TPSA) is 93.6 Å². The number of aldehydes is 1. The fourth-order valence-electron chi connectivity index (χ4n) is 4.65. The van der Waals surface area contributed by atoms with Crippen LogP contribution in [0.4, 0.5) is 13.2 Å². The SMILES string of the molecule is BrCc1ccccc1.CC(=O)c1ccc(O)c(C)c1.CC(=O)c1ccc(OCc2ccccc2)c(C)c1.Cc1nc(-c2ccc(C(F)(F)F)cc2)sc1C=O. The van der Waals surface area contributed by atoms with Crippen molar-refractivity contribution in [1.29, 1.82) is 0 Å². The van der Waals surface area contributed by atoms with E-state index in [0.717, 1.165) is 45.5 Å². The van der Waals surface area contributed by atoms with Gasteiger partial charge in [0.25, 0.3) is 0 Å². The monoisotopic (exact) mass is 831 g/mol. The Morgan fingerprint density at radius 2 is 1.29 bits per heavy atom. The van der Waals surface area contributed by atoms with Gasteiger partial charge in [0.05, 0.1) is 16.1 Å². The van der Waals surface area contributed by atoms with Gasteiger partial charge in [0.2, 0.25) is 0 Å². The lowest BCUT2D eigenvalue weighted by Gasteiger charge is -2.10. The van der Waals surface area contributed by atoms with E-state index < -0.39 is 11.7 Å². The van der Waals surface area contributed by atoms with Crippen molar-refractivity contribution in [1.82, 2.24) is 4.98 Å². The Bertz CT molecular complexity index is 2150. The molecular formula is C44H41BrF3NO5S. The lowest BCUT2D eigenvalue weighted by atomic mass is 10.1. The average Bonchev–Trinajstić information content (AvgIpc) is 3.56. The largest absolute Gasteiger partial charge is 0.508 e. The molecule has 0 saturated carbocycles. The van der Waals surface area contributed by atoms with Crippen LogP contribution in [0.3, 0.4) is 0 Å². The van der Waals surface area contributed by atoms with E-state index in [1.54, 1.807) is 39.0 Å². The molecule has 0 aliphatic heterocycles. The molecule has 11 heteroatoms. The van der Waals surface area contributed by atoms with Gasteiger partial charge in [-0.15, -0.1) is 11.3 Å². The van der Waals surface area contributed by atoms with Crippen molar-refractivity contribution in [2.45, 2.75) is 52.7 Å². The van der Waals surface area contributed by atoms with Crippen LogP contribution < -0.4 is 4.74 Å². The summed E-state index contributed by atoms with van der Waals surface area (Å²) in [6.07, 6.45) is -3.65. The zero-order chi connectivity index (χ0) is 40.5. The first kappa shape index (κ1) is 44.0. The number of hydrogen-bond donors (Lipinski definition) is 1. The van der Waals surface area contributed by atoms with E-state index in [4.69, 9.17) is 9.84 Å². The fourth-order valence-corrected chi connectivity index (χ4v) is 5.91. The van der Waals surface area contributed by atoms with Gasteiger partial charge in [-0.05, 0) is 105 Å². The van der Waals surface area contributed by atoms with Crippen LogP contribution in [-0.4, -0.2) is 27.9 Å². The highest BCUT2D eigenvalue weighted by molar-refractivity contribution is 9.08. The summed E-state index contributed by atoms with van der Waals surface area (Å²) in [5.41, 5.74) is 6.00. The van der Waals surface area contributed by atoms with Gasteiger partial charge in [0.15, 0.2) is 17.9 Å². The van der Waals surface area contributed by atoms with E-state index in [2.05, 4.69) is 33.0 Å². The molecule has 0 unspecified atom stereocenters. The molecule has 0 fully saturated rings. The Hall–Kier alpha value is -5.39. The van der Waals surface area contributed by atoms with Gasteiger partial charge in [-0.2, -0.15) is 13.2 Å². The van der Waals surface area contributed by atoms with E-state index in [0.29, 0.717) is 39.6 Å². The molecule has 6 aromatic rings. The Labute approximate surface area is 331 Å². The summed E-state index contributed by atoms with van der Waals surface area (Å²) in [7, 11) is 0. The Balaban J connectivity index is 0.000000206. The van der Waals surface area contributed by atoms with E-state index in [9.17, 15) is 27.6 Å². The first-order valence-corrected chi connectivity index (χ1v) is 18.9. The lowest BCUT2D eigenvalue weighted by Crippen LogP contribution is -2.03. The van der Waals surface area contributed by atoms with E-state index in [-0.39, 0.29) is 17.3 Å². The van der Waals surface area contributed by atoms with Crippen molar-refractivity contribution >= 4 is 45.1 Å². The molecule has 5 aromatic carbocycles. The second-order valence-corrected chi connectivity index (χ2v) is 13.7. The third-order valence-corrected chi connectivity index (χ3v) is 9.60. The Morgan fingerprint density at radius 3 is 1.73 bits per heavy atom. The zero-order valence-electron chi connectivity index (χ0n) is 31.0.